The Hall–Kier alpha value is -3.08. The third-order valence-corrected chi connectivity index (χ3v) is 5.18. The van der Waals surface area contributed by atoms with E-state index in [1.807, 2.05) is 26.0 Å². The fourth-order valence-corrected chi connectivity index (χ4v) is 3.81. The van der Waals surface area contributed by atoms with Crippen LogP contribution < -0.4 is 14.0 Å². The van der Waals surface area contributed by atoms with Gasteiger partial charge in [0, 0.05) is 30.9 Å². The second-order valence-electron chi connectivity index (χ2n) is 6.90. The second kappa shape index (κ2) is 8.52. The van der Waals surface area contributed by atoms with Gasteiger partial charge in [-0.1, -0.05) is 24.6 Å². The van der Waals surface area contributed by atoms with Gasteiger partial charge in [0.2, 0.25) is 5.69 Å². The summed E-state index contributed by atoms with van der Waals surface area (Å²) in [6.07, 6.45) is 0.782. The quantitative estimate of drug-likeness (QED) is 0.457. The summed E-state index contributed by atoms with van der Waals surface area (Å²) < 4.78 is 18.6. The summed E-state index contributed by atoms with van der Waals surface area (Å²) in [5.41, 5.74) is 4.66. The summed E-state index contributed by atoms with van der Waals surface area (Å²) in [4.78, 5) is 13.0. The normalized spacial score (nSPS) is 10.8. The number of aromatic nitrogens is 1. The zero-order valence-corrected chi connectivity index (χ0v) is 18.0. The molecule has 1 heterocycles. The van der Waals surface area contributed by atoms with E-state index in [1.165, 1.54) is 5.56 Å². The van der Waals surface area contributed by atoms with Crippen molar-refractivity contribution in [2.45, 2.75) is 34.1 Å². The molecule has 0 spiro atoms. The van der Waals surface area contributed by atoms with E-state index in [-0.39, 0.29) is 5.97 Å². The van der Waals surface area contributed by atoms with Gasteiger partial charge in [0.15, 0.2) is 22.9 Å². The van der Waals surface area contributed by atoms with E-state index in [2.05, 4.69) is 42.7 Å². The Morgan fingerprint density at radius 2 is 1.52 bits per heavy atom. The van der Waals surface area contributed by atoms with Crippen molar-refractivity contribution in [3.05, 3.63) is 58.9 Å². The second-order valence-corrected chi connectivity index (χ2v) is 6.90. The molecule has 1 aromatic heterocycles. The molecule has 0 saturated carbocycles. The molecule has 0 amide bonds. The minimum atomic E-state index is -0.342. The van der Waals surface area contributed by atoms with Crippen LogP contribution in [-0.4, -0.2) is 26.8 Å². The van der Waals surface area contributed by atoms with Gasteiger partial charge < -0.3 is 14.2 Å². The maximum atomic E-state index is 13.0. The molecule has 0 N–H and O–H groups in total. The van der Waals surface area contributed by atoms with Gasteiger partial charge in [-0.2, -0.15) is 4.57 Å². The number of ether oxygens (including phenoxy) is 3. The minimum Gasteiger partial charge on any atom is -0.493 e. The summed E-state index contributed by atoms with van der Waals surface area (Å²) in [5, 5.41) is 1.75. The monoisotopic (exact) mass is 394 g/mol. The number of benzene rings is 2. The number of carbonyl (C=O) groups is 1. The molecule has 0 atom stereocenters. The highest BCUT2D eigenvalue weighted by atomic mass is 16.5. The van der Waals surface area contributed by atoms with Gasteiger partial charge in [-0.15, -0.1) is 0 Å². The van der Waals surface area contributed by atoms with Crippen LogP contribution >= 0.6 is 0 Å². The highest BCUT2D eigenvalue weighted by Gasteiger charge is 2.30. The van der Waals surface area contributed by atoms with Gasteiger partial charge in [0.25, 0.3) is 0 Å². The maximum absolute atomic E-state index is 13.0. The molecule has 0 aliphatic rings. The van der Waals surface area contributed by atoms with Crippen molar-refractivity contribution in [3.8, 4) is 17.2 Å². The van der Waals surface area contributed by atoms with Crippen molar-refractivity contribution in [1.82, 2.24) is 0 Å². The molecule has 0 aliphatic heterocycles. The Bertz CT molecular complexity index is 1060. The Balaban J connectivity index is 2.49. The molecule has 0 fully saturated rings. The summed E-state index contributed by atoms with van der Waals surface area (Å²) >= 11 is 0. The molecular formula is C24H28NO4+. The molecule has 0 bridgehead atoms. The van der Waals surface area contributed by atoms with Crippen molar-refractivity contribution >= 4 is 16.7 Å². The first kappa shape index (κ1) is 20.6. The third kappa shape index (κ3) is 3.65. The highest BCUT2D eigenvalue weighted by molar-refractivity contribution is 6.06. The topological polar surface area (TPSA) is 48.6 Å². The largest absolute Gasteiger partial charge is 0.493 e. The smallest absolute Gasteiger partial charge is 0.345 e. The van der Waals surface area contributed by atoms with Crippen LogP contribution in [0.4, 0.5) is 0 Å². The number of hydrogen-bond acceptors (Lipinski definition) is 4. The number of carbonyl (C=O) groups excluding carboxylic acids is 1. The van der Waals surface area contributed by atoms with Crippen LogP contribution in [-0.2, 0) is 11.2 Å². The minimum absolute atomic E-state index is 0.313. The van der Waals surface area contributed by atoms with Crippen LogP contribution in [0.2, 0.25) is 0 Å². The van der Waals surface area contributed by atoms with Crippen molar-refractivity contribution < 1.29 is 23.6 Å². The lowest BCUT2D eigenvalue weighted by Crippen LogP contribution is -2.41. The number of fused-ring (bicyclic) bond motifs is 1. The average Bonchev–Trinajstić information content (AvgIpc) is 2.72. The van der Waals surface area contributed by atoms with Gasteiger partial charge in [-0.05, 0) is 26.0 Å². The molecular weight excluding hydrogens is 366 g/mol. The molecule has 152 valence electrons. The summed E-state index contributed by atoms with van der Waals surface area (Å²) in [7, 11) is 3.21. The molecule has 2 aromatic carbocycles. The number of hydrogen-bond donors (Lipinski definition) is 0. The number of pyridine rings is 1. The first-order valence-electron chi connectivity index (χ1n) is 9.84. The van der Waals surface area contributed by atoms with Gasteiger partial charge in [0.05, 0.1) is 26.2 Å². The van der Waals surface area contributed by atoms with Crippen molar-refractivity contribution in [2.24, 2.45) is 0 Å². The molecule has 5 heteroatoms. The van der Waals surface area contributed by atoms with E-state index in [0.29, 0.717) is 23.7 Å². The van der Waals surface area contributed by atoms with E-state index in [9.17, 15) is 4.79 Å². The van der Waals surface area contributed by atoms with E-state index in [0.717, 1.165) is 34.3 Å². The molecule has 0 saturated heterocycles. The third-order valence-electron chi connectivity index (χ3n) is 5.18. The van der Waals surface area contributed by atoms with E-state index in [1.54, 1.807) is 14.2 Å². The molecule has 0 aliphatic carbocycles. The molecule has 0 radical (unpaired) electrons. The lowest BCUT2D eigenvalue weighted by molar-refractivity contribution is -0.609. The summed E-state index contributed by atoms with van der Waals surface area (Å²) in [6.45, 7) is 8.26. The molecule has 5 nitrogen and oxygen atoms in total. The fourth-order valence-electron chi connectivity index (χ4n) is 3.81. The predicted molar refractivity (Wildman–Crippen MR) is 113 cm³/mol. The Morgan fingerprint density at radius 1 is 0.931 bits per heavy atom. The number of aryl methyl sites for hydroxylation is 2. The van der Waals surface area contributed by atoms with E-state index < -0.39 is 0 Å². The van der Waals surface area contributed by atoms with Crippen LogP contribution in [0.3, 0.4) is 0 Å². The van der Waals surface area contributed by atoms with Gasteiger partial charge in [-0.25, -0.2) is 4.79 Å². The first-order chi connectivity index (χ1) is 14.0. The molecule has 0 unspecified atom stereocenters. The van der Waals surface area contributed by atoms with Crippen LogP contribution in [0.15, 0.2) is 36.4 Å². The predicted octanol–water partition coefficient (Wildman–Crippen LogP) is 4.49. The number of nitrogens with zero attached hydrogens (tertiary/aromatic N) is 1. The number of methoxy groups -OCH3 is 2. The lowest BCUT2D eigenvalue weighted by Gasteiger charge is -2.16. The van der Waals surface area contributed by atoms with Gasteiger partial charge in [-0.3, -0.25) is 0 Å². The first-order valence-corrected chi connectivity index (χ1v) is 9.84. The molecule has 29 heavy (non-hydrogen) atoms. The van der Waals surface area contributed by atoms with Crippen LogP contribution in [0.1, 0.15) is 41.2 Å². The average molecular weight is 394 g/mol. The van der Waals surface area contributed by atoms with Crippen LogP contribution in [0.5, 0.6) is 11.5 Å². The SMILES string of the molecule is CCOC(=O)c1c(C)[n+](-c2ccc(C)cc2)c(CC)c2cc(OC)c(OC)cc12. The fraction of sp³-hybridized carbons (Fsp3) is 0.333. The highest BCUT2D eigenvalue weighted by Crippen LogP contribution is 2.36. The molecule has 3 aromatic rings. The Kier molecular flexibility index (Phi) is 6.06. The Morgan fingerprint density at radius 3 is 2.03 bits per heavy atom. The zero-order valence-electron chi connectivity index (χ0n) is 18.0. The van der Waals surface area contributed by atoms with Gasteiger partial charge in [0.1, 0.15) is 5.56 Å². The van der Waals surface area contributed by atoms with Gasteiger partial charge >= 0.3 is 5.97 Å². The number of esters is 1. The van der Waals surface area contributed by atoms with Crippen LogP contribution in [0.25, 0.3) is 16.5 Å². The lowest BCUT2D eigenvalue weighted by atomic mass is 9.98. The Labute approximate surface area is 171 Å². The van der Waals surface area contributed by atoms with Crippen molar-refractivity contribution in [1.29, 1.82) is 0 Å². The standard InChI is InChI=1S/C24H28NO4/c1-7-20-18-13-21(27-5)22(28-6)14-19(18)23(24(26)29-8-2)16(4)25(20)17-11-9-15(3)10-12-17/h9-14H,7-8H2,1-6H3/q+1. The van der Waals surface area contributed by atoms with Crippen molar-refractivity contribution in [3.63, 3.8) is 0 Å². The van der Waals surface area contributed by atoms with Crippen LogP contribution in [0, 0.1) is 13.8 Å². The van der Waals surface area contributed by atoms with E-state index >= 15 is 0 Å². The number of rotatable bonds is 6. The summed E-state index contributed by atoms with van der Waals surface area (Å²) in [6, 6.07) is 12.1. The zero-order chi connectivity index (χ0) is 21.1. The summed E-state index contributed by atoms with van der Waals surface area (Å²) in [5.74, 6) is 0.870. The maximum Gasteiger partial charge on any atom is 0.345 e. The van der Waals surface area contributed by atoms with E-state index in [4.69, 9.17) is 14.2 Å². The molecule has 3 rings (SSSR count). The van der Waals surface area contributed by atoms with Crippen molar-refractivity contribution in [2.75, 3.05) is 20.8 Å².